The van der Waals surface area contributed by atoms with Crippen molar-refractivity contribution in [3.05, 3.63) is 45.1 Å². The topological polar surface area (TPSA) is 75.1 Å². The fourth-order valence-electron chi connectivity index (χ4n) is 2.40. The van der Waals surface area contributed by atoms with Gasteiger partial charge in [-0.2, -0.15) is 5.10 Å². The molecule has 0 bridgehead atoms. The number of nitrogens with zero attached hydrogens (tertiary/aromatic N) is 3. The molecule has 2 heterocycles. The molecule has 22 heavy (non-hydrogen) atoms. The summed E-state index contributed by atoms with van der Waals surface area (Å²) in [4.78, 5) is 18.1. The Kier molecular flexibility index (Phi) is 4.80. The van der Waals surface area contributed by atoms with Gasteiger partial charge < -0.3 is 4.57 Å². The normalized spacial score (nSPS) is 11.5. The third-order valence-corrected chi connectivity index (χ3v) is 3.40. The molecule has 0 spiro atoms. The van der Waals surface area contributed by atoms with E-state index in [0.29, 0.717) is 17.6 Å². The lowest BCUT2D eigenvalue weighted by molar-refractivity contribution is 0.509. The smallest absolute Gasteiger partial charge is 0.252 e. The summed E-state index contributed by atoms with van der Waals surface area (Å²) >= 11 is 0. The average molecular weight is 301 g/mol. The van der Waals surface area contributed by atoms with Gasteiger partial charge in [0.2, 0.25) is 5.95 Å². The molecule has 0 aliphatic carbocycles. The second kappa shape index (κ2) is 6.60. The van der Waals surface area contributed by atoms with Gasteiger partial charge >= 0.3 is 0 Å². The molecule has 0 fully saturated rings. The Morgan fingerprint density at radius 3 is 2.73 bits per heavy atom. The standard InChI is InChI=1S/C16H23N5O/c1-10(2)9-21-12(4)7-14(13(21)5)8-17-20-16-18-11(3)6-15(22)19-16/h6-8,10H,9H2,1-5H3,(H2,18,19,20,22)/b17-8-. The average Bonchev–Trinajstić information content (AvgIpc) is 2.65. The molecule has 0 aliphatic rings. The molecule has 6 nitrogen and oxygen atoms in total. The molecule has 2 aromatic rings. The van der Waals surface area contributed by atoms with Crippen LogP contribution in [0.1, 0.15) is 36.5 Å². The maximum absolute atomic E-state index is 11.4. The van der Waals surface area contributed by atoms with Crippen LogP contribution in [0.25, 0.3) is 0 Å². The Morgan fingerprint density at radius 2 is 2.09 bits per heavy atom. The number of hydrogen-bond donors (Lipinski definition) is 2. The Bertz CT molecular complexity index is 739. The number of aryl methyl sites for hydroxylation is 2. The molecule has 2 rings (SSSR count). The predicted octanol–water partition coefficient (Wildman–Crippen LogP) is 2.60. The molecule has 6 heteroatoms. The van der Waals surface area contributed by atoms with Gasteiger partial charge in [-0.3, -0.25) is 9.78 Å². The molecule has 2 aromatic heterocycles. The van der Waals surface area contributed by atoms with Gasteiger partial charge in [-0.15, -0.1) is 0 Å². The van der Waals surface area contributed by atoms with E-state index in [1.807, 2.05) is 0 Å². The Labute approximate surface area is 130 Å². The summed E-state index contributed by atoms with van der Waals surface area (Å²) in [6.07, 6.45) is 1.75. The van der Waals surface area contributed by atoms with Crippen LogP contribution in [0, 0.1) is 26.7 Å². The zero-order valence-corrected chi connectivity index (χ0v) is 13.8. The first-order valence-corrected chi connectivity index (χ1v) is 7.40. The van der Waals surface area contributed by atoms with Gasteiger partial charge in [-0.25, -0.2) is 10.4 Å². The fourth-order valence-corrected chi connectivity index (χ4v) is 2.40. The Balaban J connectivity index is 2.15. The van der Waals surface area contributed by atoms with Gasteiger partial charge in [0.25, 0.3) is 5.56 Å². The molecule has 0 unspecified atom stereocenters. The first kappa shape index (κ1) is 16.0. The van der Waals surface area contributed by atoms with Crippen molar-refractivity contribution >= 4 is 12.2 Å². The van der Waals surface area contributed by atoms with E-state index in [9.17, 15) is 4.79 Å². The van der Waals surface area contributed by atoms with Crippen LogP contribution in [0.4, 0.5) is 5.95 Å². The summed E-state index contributed by atoms with van der Waals surface area (Å²) in [6.45, 7) is 11.3. The number of anilines is 1. The molecule has 2 N–H and O–H groups in total. The zero-order valence-electron chi connectivity index (χ0n) is 13.8. The minimum absolute atomic E-state index is 0.194. The van der Waals surface area contributed by atoms with Crippen LogP contribution >= 0.6 is 0 Å². The minimum atomic E-state index is -0.194. The zero-order chi connectivity index (χ0) is 16.3. The second-order valence-corrected chi connectivity index (χ2v) is 5.94. The highest BCUT2D eigenvalue weighted by molar-refractivity contribution is 5.82. The summed E-state index contributed by atoms with van der Waals surface area (Å²) in [6, 6.07) is 3.55. The predicted molar refractivity (Wildman–Crippen MR) is 89.6 cm³/mol. The summed E-state index contributed by atoms with van der Waals surface area (Å²) in [5, 5.41) is 4.17. The lowest BCUT2D eigenvalue weighted by atomic mass is 10.2. The molecule has 0 radical (unpaired) electrons. The van der Waals surface area contributed by atoms with E-state index < -0.39 is 0 Å². The Morgan fingerprint density at radius 1 is 1.36 bits per heavy atom. The summed E-state index contributed by atoms with van der Waals surface area (Å²) in [5.41, 5.74) is 6.68. The van der Waals surface area contributed by atoms with Crippen LogP contribution in [0.15, 0.2) is 22.0 Å². The Hall–Kier alpha value is -2.37. The third kappa shape index (κ3) is 3.84. The van der Waals surface area contributed by atoms with Crippen molar-refractivity contribution in [2.45, 2.75) is 41.2 Å². The van der Waals surface area contributed by atoms with E-state index in [0.717, 1.165) is 12.1 Å². The highest BCUT2D eigenvalue weighted by atomic mass is 16.1. The van der Waals surface area contributed by atoms with Crippen LogP contribution in [-0.4, -0.2) is 20.7 Å². The van der Waals surface area contributed by atoms with Crippen molar-refractivity contribution in [2.75, 3.05) is 5.43 Å². The second-order valence-electron chi connectivity index (χ2n) is 5.94. The molecule has 0 saturated heterocycles. The first-order chi connectivity index (χ1) is 10.4. The number of H-pyrrole nitrogens is 1. The van der Waals surface area contributed by atoms with Gasteiger partial charge in [0, 0.05) is 35.3 Å². The minimum Gasteiger partial charge on any atom is -0.348 e. The van der Waals surface area contributed by atoms with Crippen molar-refractivity contribution in [3.8, 4) is 0 Å². The van der Waals surface area contributed by atoms with Crippen molar-refractivity contribution in [1.29, 1.82) is 0 Å². The fraction of sp³-hybridized carbons (Fsp3) is 0.438. The van der Waals surface area contributed by atoms with E-state index in [2.05, 4.69) is 58.8 Å². The van der Waals surface area contributed by atoms with Gasteiger partial charge in [0.05, 0.1) is 6.21 Å². The van der Waals surface area contributed by atoms with Crippen molar-refractivity contribution < 1.29 is 0 Å². The number of aromatic nitrogens is 3. The highest BCUT2D eigenvalue weighted by Gasteiger charge is 2.08. The number of hydrogen-bond acceptors (Lipinski definition) is 4. The highest BCUT2D eigenvalue weighted by Crippen LogP contribution is 2.15. The van der Waals surface area contributed by atoms with Crippen molar-refractivity contribution in [3.63, 3.8) is 0 Å². The summed E-state index contributed by atoms with van der Waals surface area (Å²) in [5.74, 6) is 0.937. The summed E-state index contributed by atoms with van der Waals surface area (Å²) < 4.78 is 2.29. The SMILES string of the molecule is Cc1cc(=O)[nH]c(N/N=C\c2cc(C)n(CC(C)C)c2C)n1. The lowest BCUT2D eigenvalue weighted by Gasteiger charge is -2.11. The van der Waals surface area contributed by atoms with Crippen LogP contribution in [0.5, 0.6) is 0 Å². The number of aromatic amines is 1. The van der Waals surface area contributed by atoms with E-state index in [-0.39, 0.29) is 5.56 Å². The number of nitrogens with one attached hydrogen (secondary N) is 2. The van der Waals surface area contributed by atoms with E-state index in [4.69, 9.17) is 0 Å². The van der Waals surface area contributed by atoms with Gasteiger partial charge in [0.1, 0.15) is 0 Å². The van der Waals surface area contributed by atoms with E-state index >= 15 is 0 Å². The molecule has 0 aromatic carbocycles. The van der Waals surface area contributed by atoms with Crippen LogP contribution in [-0.2, 0) is 6.54 Å². The van der Waals surface area contributed by atoms with Crippen LogP contribution in [0.2, 0.25) is 0 Å². The lowest BCUT2D eigenvalue weighted by Crippen LogP contribution is -2.10. The van der Waals surface area contributed by atoms with Crippen LogP contribution < -0.4 is 11.0 Å². The molecular weight excluding hydrogens is 278 g/mol. The quantitative estimate of drug-likeness (QED) is 0.658. The third-order valence-electron chi connectivity index (χ3n) is 3.40. The molecule has 0 aliphatic heterocycles. The maximum atomic E-state index is 11.4. The molecule has 0 saturated carbocycles. The van der Waals surface area contributed by atoms with Crippen molar-refractivity contribution in [1.82, 2.24) is 14.5 Å². The molecular formula is C16H23N5O. The monoisotopic (exact) mass is 301 g/mol. The number of hydrazone groups is 1. The summed E-state index contributed by atoms with van der Waals surface area (Å²) in [7, 11) is 0. The molecule has 0 amide bonds. The van der Waals surface area contributed by atoms with E-state index in [1.165, 1.54) is 17.5 Å². The van der Waals surface area contributed by atoms with Crippen molar-refractivity contribution in [2.24, 2.45) is 11.0 Å². The molecule has 118 valence electrons. The van der Waals surface area contributed by atoms with Gasteiger partial charge in [-0.05, 0) is 32.8 Å². The van der Waals surface area contributed by atoms with Gasteiger partial charge in [-0.1, -0.05) is 13.8 Å². The van der Waals surface area contributed by atoms with E-state index in [1.54, 1.807) is 13.1 Å². The number of rotatable bonds is 5. The maximum Gasteiger partial charge on any atom is 0.252 e. The van der Waals surface area contributed by atoms with Crippen LogP contribution in [0.3, 0.4) is 0 Å². The first-order valence-electron chi connectivity index (χ1n) is 7.40. The largest absolute Gasteiger partial charge is 0.348 e. The van der Waals surface area contributed by atoms with Gasteiger partial charge in [0.15, 0.2) is 0 Å². The molecule has 0 atom stereocenters.